The molecule has 2 aromatic rings. The molecule has 0 spiro atoms. The number of ether oxygens (including phenoxy) is 1. The van der Waals surface area contributed by atoms with Crippen molar-refractivity contribution in [2.75, 3.05) is 26.2 Å². The summed E-state index contributed by atoms with van der Waals surface area (Å²) in [6.45, 7) is 8.67. The smallest absolute Gasteiger partial charge is 0.258 e. The summed E-state index contributed by atoms with van der Waals surface area (Å²) in [7, 11) is 0. The van der Waals surface area contributed by atoms with Gasteiger partial charge in [-0.25, -0.2) is 0 Å². The Morgan fingerprint density at radius 3 is 2.58 bits per heavy atom. The first-order valence-corrected chi connectivity index (χ1v) is 9.30. The third-order valence-electron chi connectivity index (χ3n) is 5.01. The highest BCUT2D eigenvalue weighted by atomic mass is 16.5. The van der Waals surface area contributed by atoms with E-state index in [-0.39, 0.29) is 18.6 Å². The molecule has 5 nitrogen and oxygen atoms in total. The van der Waals surface area contributed by atoms with Crippen LogP contribution in [0, 0.1) is 20.8 Å². The highest BCUT2D eigenvalue weighted by Crippen LogP contribution is 2.26. The number of nitrogens with zero attached hydrogens (tertiary/aromatic N) is 1. The summed E-state index contributed by atoms with van der Waals surface area (Å²) in [5.74, 6) is 2.42. The molecule has 0 saturated carbocycles. The molecule has 1 aromatic heterocycles. The number of aryl methyl sites for hydroxylation is 3. The lowest BCUT2D eigenvalue weighted by molar-refractivity contribution is -0.123. The second-order valence-electron chi connectivity index (χ2n) is 7.05. The second-order valence-corrected chi connectivity index (χ2v) is 7.05. The van der Waals surface area contributed by atoms with Crippen molar-refractivity contribution in [2.24, 2.45) is 0 Å². The number of amides is 1. The lowest BCUT2D eigenvalue weighted by Crippen LogP contribution is -2.38. The zero-order chi connectivity index (χ0) is 18.5. The molecule has 1 aliphatic heterocycles. The monoisotopic (exact) mass is 356 g/mol. The van der Waals surface area contributed by atoms with Crippen molar-refractivity contribution < 1.29 is 13.9 Å². The van der Waals surface area contributed by atoms with Gasteiger partial charge in [-0.2, -0.15) is 0 Å². The van der Waals surface area contributed by atoms with Gasteiger partial charge in [0.05, 0.1) is 6.04 Å². The minimum atomic E-state index is -0.115. The van der Waals surface area contributed by atoms with Crippen LogP contribution in [0.15, 0.2) is 34.7 Å². The number of nitrogens with one attached hydrogen (secondary N) is 1. The molecule has 1 saturated heterocycles. The second kappa shape index (κ2) is 8.41. The van der Waals surface area contributed by atoms with E-state index in [1.165, 1.54) is 18.4 Å². The van der Waals surface area contributed by atoms with E-state index < -0.39 is 0 Å². The summed E-state index contributed by atoms with van der Waals surface area (Å²) in [4.78, 5) is 14.6. The fourth-order valence-electron chi connectivity index (χ4n) is 3.31. The minimum Gasteiger partial charge on any atom is -0.484 e. The summed E-state index contributed by atoms with van der Waals surface area (Å²) in [6.07, 6.45) is 2.39. The van der Waals surface area contributed by atoms with Gasteiger partial charge in [0.2, 0.25) is 0 Å². The predicted molar refractivity (Wildman–Crippen MR) is 101 cm³/mol. The molecular weight excluding hydrogens is 328 g/mol. The molecule has 1 N–H and O–H groups in total. The van der Waals surface area contributed by atoms with Crippen molar-refractivity contribution in [2.45, 2.75) is 39.7 Å². The van der Waals surface area contributed by atoms with E-state index in [1.54, 1.807) is 0 Å². The van der Waals surface area contributed by atoms with Gasteiger partial charge in [-0.15, -0.1) is 0 Å². The molecule has 2 heterocycles. The number of furan rings is 1. The van der Waals surface area contributed by atoms with E-state index in [4.69, 9.17) is 9.15 Å². The molecule has 1 aromatic carbocycles. The van der Waals surface area contributed by atoms with Gasteiger partial charge in [-0.05, 0) is 82.1 Å². The van der Waals surface area contributed by atoms with Gasteiger partial charge >= 0.3 is 0 Å². The third-order valence-corrected chi connectivity index (χ3v) is 5.01. The zero-order valence-corrected chi connectivity index (χ0v) is 15.9. The van der Waals surface area contributed by atoms with Gasteiger partial charge in [0, 0.05) is 6.54 Å². The molecule has 0 aliphatic carbocycles. The molecule has 3 rings (SSSR count). The quantitative estimate of drug-likeness (QED) is 0.824. The molecule has 1 amide bonds. The zero-order valence-electron chi connectivity index (χ0n) is 15.9. The summed E-state index contributed by atoms with van der Waals surface area (Å²) in [6, 6.07) is 9.93. The van der Waals surface area contributed by atoms with Crippen LogP contribution in [0.4, 0.5) is 0 Å². The van der Waals surface area contributed by atoms with Crippen molar-refractivity contribution in [1.29, 1.82) is 0 Å². The molecule has 0 radical (unpaired) electrons. The van der Waals surface area contributed by atoms with Crippen LogP contribution < -0.4 is 10.1 Å². The first-order valence-electron chi connectivity index (χ1n) is 9.30. The molecule has 140 valence electrons. The van der Waals surface area contributed by atoms with Crippen LogP contribution in [0.1, 0.15) is 41.5 Å². The Morgan fingerprint density at radius 2 is 1.92 bits per heavy atom. The number of likely N-dealkylation sites (tertiary alicyclic amines) is 1. The van der Waals surface area contributed by atoms with Crippen LogP contribution in [0.5, 0.6) is 5.75 Å². The summed E-state index contributed by atoms with van der Waals surface area (Å²) < 4.78 is 11.4. The van der Waals surface area contributed by atoms with Crippen LogP contribution in [-0.4, -0.2) is 37.0 Å². The van der Waals surface area contributed by atoms with E-state index in [2.05, 4.69) is 17.1 Å². The Morgan fingerprint density at radius 1 is 1.15 bits per heavy atom. The topological polar surface area (TPSA) is 54.7 Å². The number of rotatable bonds is 7. The summed E-state index contributed by atoms with van der Waals surface area (Å²) >= 11 is 0. The Kier molecular flexibility index (Phi) is 5.99. The Labute approximate surface area is 155 Å². The number of hydrogen-bond acceptors (Lipinski definition) is 4. The maximum atomic E-state index is 12.2. The Hall–Kier alpha value is -2.27. The molecule has 1 aliphatic rings. The number of carbonyl (C=O) groups is 1. The van der Waals surface area contributed by atoms with E-state index >= 15 is 0 Å². The summed E-state index contributed by atoms with van der Waals surface area (Å²) in [5.41, 5.74) is 2.37. The van der Waals surface area contributed by atoms with E-state index in [0.717, 1.165) is 35.9 Å². The average Bonchev–Trinajstić information content (AvgIpc) is 3.29. The SMILES string of the molecule is Cc1ccc([C@@H](CNC(=O)COc2ccc(C)c(C)c2)N2CCCC2)o1. The van der Waals surface area contributed by atoms with Crippen molar-refractivity contribution in [3.63, 3.8) is 0 Å². The first-order chi connectivity index (χ1) is 12.5. The largest absolute Gasteiger partial charge is 0.484 e. The normalized spacial score (nSPS) is 15.8. The fraction of sp³-hybridized carbons (Fsp3) is 0.476. The van der Waals surface area contributed by atoms with Gasteiger partial charge in [0.15, 0.2) is 6.61 Å². The van der Waals surface area contributed by atoms with Gasteiger partial charge in [0.25, 0.3) is 5.91 Å². The number of carbonyl (C=O) groups excluding carboxylic acids is 1. The molecule has 5 heteroatoms. The predicted octanol–water partition coefficient (Wildman–Crippen LogP) is 3.54. The maximum Gasteiger partial charge on any atom is 0.258 e. The summed E-state index contributed by atoms with van der Waals surface area (Å²) in [5, 5.41) is 3.00. The van der Waals surface area contributed by atoms with E-state index in [1.807, 2.05) is 44.2 Å². The molecule has 0 unspecified atom stereocenters. The van der Waals surface area contributed by atoms with Crippen LogP contribution in [0.2, 0.25) is 0 Å². The lowest BCUT2D eigenvalue weighted by atomic mass is 10.1. The van der Waals surface area contributed by atoms with Crippen molar-refractivity contribution in [3.05, 3.63) is 53.0 Å². The Balaban J connectivity index is 1.54. The number of benzene rings is 1. The van der Waals surface area contributed by atoms with E-state index in [0.29, 0.717) is 6.54 Å². The third kappa shape index (κ3) is 4.67. The van der Waals surface area contributed by atoms with Gasteiger partial charge in [-0.1, -0.05) is 6.07 Å². The number of hydrogen-bond donors (Lipinski definition) is 1. The van der Waals surface area contributed by atoms with Gasteiger partial charge < -0.3 is 14.5 Å². The highest BCUT2D eigenvalue weighted by molar-refractivity contribution is 5.77. The highest BCUT2D eigenvalue weighted by Gasteiger charge is 2.26. The van der Waals surface area contributed by atoms with Crippen molar-refractivity contribution >= 4 is 5.91 Å². The first kappa shape index (κ1) is 18.5. The molecule has 1 atom stereocenters. The van der Waals surface area contributed by atoms with Crippen LogP contribution >= 0.6 is 0 Å². The lowest BCUT2D eigenvalue weighted by Gasteiger charge is -2.26. The Bertz CT molecular complexity index is 747. The fourth-order valence-corrected chi connectivity index (χ4v) is 3.31. The van der Waals surface area contributed by atoms with Crippen LogP contribution in [0.25, 0.3) is 0 Å². The maximum absolute atomic E-state index is 12.2. The van der Waals surface area contributed by atoms with E-state index in [9.17, 15) is 4.79 Å². The van der Waals surface area contributed by atoms with Gasteiger partial charge in [0.1, 0.15) is 17.3 Å². The van der Waals surface area contributed by atoms with Crippen molar-refractivity contribution in [3.8, 4) is 5.75 Å². The van der Waals surface area contributed by atoms with Crippen LogP contribution in [-0.2, 0) is 4.79 Å². The van der Waals surface area contributed by atoms with Crippen molar-refractivity contribution in [1.82, 2.24) is 10.2 Å². The van der Waals surface area contributed by atoms with Crippen LogP contribution in [0.3, 0.4) is 0 Å². The molecular formula is C21H28N2O3. The molecule has 1 fully saturated rings. The molecule has 0 bridgehead atoms. The van der Waals surface area contributed by atoms with Gasteiger partial charge in [-0.3, -0.25) is 9.69 Å². The standard InChI is InChI=1S/C21H28N2O3/c1-15-6-8-18(12-16(15)2)25-14-21(24)22-13-19(23-10-4-5-11-23)20-9-7-17(3)26-20/h6-9,12,19H,4-5,10-11,13-14H2,1-3H3,(H,22,24)/t19-/m1/s1. The average molecular weight is 356 g/mol. The molecule has 26 heavy (non-hydrogen) atoms. The minimum absolute atomic E-state index is 0.0202.